The number of halogens is 1. The Morgan fingerprint density at radius 2 is 1.31 bits per heavy atom. The third-order valence-corrected chi connectivity index (χ3v) is 2.87. The predicted octanol–water partition coefficient (Wildman–Crippen LogP) is 4.39. The molecule has 2 heteroatoms. The van der Waals surface area contributed by atoms with Gasteiger partial charge in [-0.05, 0) is 12.8 Å². The summed E-state index contributed by atoms with van der Waals surface area (Å²) in [6, 6.07) is 0. The van der Waals surface area contributed by atoms with Crippen molar-refractivity contribution in [3.8, 4) is 12.3 Å². The van der Waals surface area contributed by atoms with E-state index in [1.807, 2.05) is 0 Å². The van der Waals surface area contributed by atoms with Gasteiger partial charge in [-0.25, -0.2) is 0 Å². The molecule has 0 unspecified atom stereocenters. The van der Waals surface area contributed by atoms with Crippen molar-refractivity contribution < 1.29 is 4.74 Å². The molecule has 0 bridgehead atoms. The smallest absolute Gasteiger partial charge is 0.107 e. The van der Waals surface area contributed by atoms with Gasteiger partial charge < -0.3 is 4.74 Å². The SMILES string of the molecule is C#CCOCCCCCCCCCCCCl. The average molecular weight is 245 g/mol. The van der Waals surface area contributed by atoms with Gasteiger partial charge in [0, 0.05) is 12.5 Å². The molecule has 0 heterocycles. The maximum absolute atomic E-state index is 5.61. The summed E-state index contributed by atoms with van der Waals surface area (Å²) in [5.41, 5.74) is 0. The van der Waals surface area contributed by atoms with Crippen molar-refractivity contribution >= 4 is 11.6 Å². The van der Waals surface area contributed by atoms with Crippen LogP contribution in [0.25, 0.3) is 0 Å². The first-order valence-corrected chi connectivity index (χ1v) is 7.02. The minimum atomic E-state index is 0.459. The van der Waals surface area contributed by atoms with E-state index >= 15 is 0 Å². The third-order valence-electron chi connectivity index (χ3n) is 2.61. The molecule has 0 rings (SSSR count). The van der Waals surface area contributed by atoms with Crippen LogP contribution in [0.1, 0.15) is 57.8 Å². The molecule has 0 N–H and O–H groups in total. The highest BCUT2D eigenvalue weighted by atomic mass is 35.5. The van der Waals surface area contributed by atoms with E-state index in [-0.39, 0.29) is 0 Å². The van der Waals surface area contributed by atoms with Crippen molar-refractivity contribution in [1.29, 1.82) is 0 Å². The molecular formula is C14H25ClO. The summed E-state index contributed by atoms with van der Waals surface area (Å²) in [6.07, 6.45) is 16.7. The molecule has 0 aliphatic rings. The first kappa shape index (κ1) is 15.8. The average Bonchev–Trinajstić information content (AvgIpc) is 2.31. The molecule has 16 heavy (non-hydrogen) atoms. The molecule has 0 saturated carbocycles. The quantitative estimate of drug-likeness (QED) is 0.281. The van der Waals surface area contributed by atoms with Crippen molar-refractivity contribution in [2.75, 3.05) is 19.1 Å². The molecule has 94 valence electrons. The second-order valence-electron chi connectivity index (χ2n) is 4.13. The van der Waals surface area contributed by atoms with Crippen LogP contribution in [0.2, 0.25) is 0 Å². The van der Waals surface area contributed by atoms with Gasteiger partial charge >= 0.3 is 0 Å². The molecular weight excluding hydrogens is 220 g/mol. The Kier molecular flexibility index (Phi) is 14.6. The van der Waals surface area contributed by atoms with Gasteiger partial charge in [-0.15, -0.1) is 18.0 Å². The Hall–Kier alpha value is -0.190. The normalized spacial score (nSPS) is 10.2. The molecule has 0 saturated heterocycles. The van der Waals surface area contributed by atoms with Crippen LogP contribution in [0, 0.1) is 12.3 Å². The standard InChI is InChI=1S/C14H25ClO/c1-2-13-16-14-11-9-7-5-3-4-6-8-10-12-15/h1H,3-14H2. The number of terminal acetylenes is 1. The molecule has 0 fully saturated rings. The summed E-state index contributed by atoms with van der Waals surface area (Å²) in [5, 5.41) is 0. The Balaban J connectivity index is 2.86. The van der Waals surface area contributed by atoms with E-state index in [4.69, 9.17) is 22.8 Å². The minimum Gasteiger partial charge on any atom is -0.369 e. The third kappa shape index (κ3) is 13.8. The summed E-state index contributed by atoms with van der Waals surface area (Å²) in [7, 11) is 0. The van der Waals surface area contributed by atoms with Crippen LogP contribution in [0.4, 0.5) is 0 Å². The van der Waals surface area contributed by atoms with E-state index in [1.165, 1.54) is 51.4 Å². The van der Waals surface area contributed by atoms with E-state index in [0.29, 0.717) is 6.61 Å². The Bertz CT molecular complexity index is 163. The summed E-state index contributed by atoms with van der Waals surface area (Å²) < 4.78 is 5.21. The zero-order valence-corrected chi connectivity index (χ0v) is 11.1. The highest BCUT2D eigenvalue weighted by Crippen LogP contribution is 2.09. The highest BCUT2D eigenvalue weighted by Gasteiger charge is 1.92. The van der Waals surface area contributed by atoms with E-state index in [0.717, 1.165) is 18.9 Å². The fourth-order valence-electron chi connectivity index (χ4n) is 1.67. The van der Waals surface area contributed by atoms with Crippen LogP contribution >= 0.6 is 11.6 Å². The van der Waals surface area contributed by atoms with Crippen LogP contribution < -0.4 is 0 Å². The van der Waals surface area contributed by atoms with E-state index in [2.05, 4.69) is 5.92 Å². The summed E-state index contributed by atoms with van der Waals surface area (Å²) in [6.45, 7) is 1.28. The Morgan fingerprint density at radius 3 is 1.81 bits per heavy atom. The van der Waals surface area contributed by atoms with Gasteiger partial charge in [-0.1, -0.05) is 50.9 Å². The van der Waals surface area contributed by atoms with Gasteiger partial charge in [0.15, 0.2) is 0 Å². The van der Waals surface area contributed by atoms with Crippen LogP contribution in [-0.2, 0) is 4.74 Å². The van der Waals surface area contributed by atoms with Gasteiger partial charge in [-0.2, -0.15) is 0 Å². The molecule has 0 aliphatic heterocycles. The van der Waals surface area contributed by atoms with Crippen LogP contribution in [0.3, 0.4) is 0 Å². The number of hydrogen-bond acceptors (Lipinski definition) is 1. The lowest BCUT2D eigenvalue weighted by Gasteiger charge is -2.02. The number of ether oxygens (including phenoxy) is 1. The van der Waals surface area contributed by atoms with Gasteiger partial charge in [0.2, 0.25) is 0 Å². The molecule has 0 radical (unpaired) electrons. The van der Waals surface area contributed by atoms with Gasteiger partial charge in [-0.3, -0.25) is 0 Å². The number of hydrogen-bond donors (Lipinski definition) is 0. The van der Waals surface area contributed by atoms with Gasteiger partial charge in [0.05, 0.1) is 0 Å². The monoisotopic (exact) mass is 244 g/mol. The fraction of sp³-hybridized carbons (Fsp3) is 0.857. The molecule has 0 aromatic carbocycles. The summed E-state index contributed by atoms with van der Waals surface area (Å²) in [4.78, 5) is 0. The van der Waals surface area contributed by atoms with E-state index in [1.54, 1.807) is 0 Å². The molecule has 0 spiro atoms. The zero-order valence-electron chi connectivity index (χ0n) is 10.3. The maximum Gasteiger partial charge on any atom is 0.107 e. The van der Waals surface area contributed by atoms with Crippen LogP contribution in [0.15, 0.2) is 0 Å². The fourth-order valence-corrected chi connectivity index (χ4v) is 1.86. The topological polar surface area (TPSA) is 9.23 Å². The van der Waals surface area contributed by atoms with Gasteiger partial charge in [0.1, 0.15) is 6.61 Å². The Labute approximate surface area is 106 Å². The highest BCUT2D eigenvalue weighted by molar-refractivity contribution is 6.17. The van der Waals surface area contributed by atoms with Crippen molar-refractivity contribution in [1.82, 2.24) is 0 Å². The second kappa shape index (κ2) is 14.8. The molecule has 0 aromatic heterocycles. The molecule has 0 amide bonds. The molecule has 0 atom stereocenters. The van der Waals surface area contributed by atoms with E-state index < -0.39 is 0 Å². The van der Waals surface area contributed by atoms with Crippen molar-refractivity contribution in [3.63, 3.8) is 0 Å². The van der Waals surface area contributed by atoms with Crippen LogP contribution in [-0.4, -0.2) is 19.1 Å². The number of alkyl halides is 1. The van der Waals surface area contributed by atoms with Crippen LogP contribution in [0.5, 0.6) is 0 Å². The second-order valence-corrected chi connectivity index (χ2v) is 4.51. The van der Waals surface area contributed by atoms with Crippen molar-refractivity contribution in [2.24, 2.45) is 0 Å². The minimum absolute atomic E-state index is 0.459. The van der Waals surface area contributed by atoms with Crippen molar-refractivity contribution in [2.45, 2.75) is 57.8 Å². The lowest BCUT2D eigenvalue weighted by atomic mass is 10.1. The number of rotatable bonds is 12. The first-order valence-electron chi connectivity index (χ1n) is 6.49. The largest absolute Gasteiger partial charge is 0.369 e. The molecule has 0 aliphatic carbocycles. The van der Waals surface area contributed by atoms with Crippen molar-refractivity contribution in [3.05, 3.63) is 0 Å². The van der Waals surface area contributed by atoms with Gasteiger partial charge in [0.25, 0.3) is 0 Å². The lowest BCUT2D eigenvalue weighted by Crippen LogP contribution is -1.94. The molecule has 0 aromatic rings. The maximum atomic E-state index is 5.61. The number of unbranched alkanes of at least 4 members (excludes halogenated alkanes) is 8. The predicted molar refractivity (Wildman–Crippen MR) is 71.9 cm³/mol. The lowest BCUT2D eigenvalue weighted by molar-refractivity contribution is 0.162. The molecule has 1 nitrogen and oxygen atoms in total. The first-order chi connectivity index (χ1) is 7.91. The summed E-state index contributed by atoms with van der Waals surface area (Å²) >= 11 is 5.61. The Morgan fingerprint density at radius 1 is 0.812 bits per heavy atom. The van der Waals surface area contributed by atoms with E-state index in [9.17, 15) is 0 Å². The zero-order chi connectivity index (χ0) is 11.9. The summed E-state index contributed by atoms with van der Waals surface area (Å²) in [5.74, 6) is 3.29.